The third kappa shape index (κ3) is 2.79. The summed E-state index contributed by atoms with van der Waals surface area (Å²) in [5, 5.41) is 7.83. The summed E-state index contributed by atoms with van der Waals surface area (Å²) in [6.45, 7) is 3.58. The number of benzene rings is 1. The maximum Gasteiger partial charge on any atom is 0.296 e. The van der Waals surface area contributed by atoms with Gasteiger partial charge in [0, 0.05) is 22.3 Å². The minimum absolute atomic E-state index is 0.224. The van der Waals surface area contributed by atoms with Crippen LogP contribution in [0.4, 0.5) is 0 Å². The molecule has 0 amide bonds. The molecule has 1 aromatic heterocycles. The number of rotatable bonds is 3. The van der Waals surface area contributed by atoms with Crippen LogP contribution < -0.4 is 0 Å². The van der Waals surface area contributed by atoms with Crippen LogP contribution in [-0.2, 0) is 9.05 Å². The molecule has 20 heavy (non-hydrogen) atoms. The van der Waals surface area contributed by atoms with Crippen LogP contribution in [0.2, 0.25) is 10.0 Å². The van der Waals surface area contributed by atoms with Gasteiger partial charge in [-0.15, -0.1) is 10.2 Å². The number of halogens is 3. The molecule has 0 aliphatic heterocycles. The van der Waals surface area contributed by atoms with Gasteiger partial charge in [0.15, 0.2) is 5.82 Å². The first-order chi connectivity index (χ1) is 9.23. The van der Waals surface area contributed by atoms with Crippen molar-refractivity contribution in [3.05, 3.63) is 28.2 Å². The number of aromatic nitrogens is 3. The van der Waals surface area contributed by atoms with Crippen molar-refractivity contribution in [3.63, 3.8) is 0 Å². The molecule has 0 fully saturated rings. The maximum absolute atomic E-state index is 11.5. The Labute approximate surface area is 130 Å². The van der Waals surface area contributed by atoms with E-state index in [9.17, 15) is 8.42 Å². The largest absolute Gasteiger partial charge is 0.296 e. The van der Waals surface area contributed by atoms with Gasteiger partial charge in [-0.3, -0.25) is 4.57 Å². The van der Waals surface area contributed by atoms with E-state index in [0.717, 1.165) is 0 Å². The zero-order chi connectivity index (χ0) is 15.1. The molecule has 1 heterocycles. The van der Waals surface area contributed by atoms with Gasteiger partial charge in [0.1, 0.15) is 0 Å². The summed E-state index contributed by atoms with van der Waals surface area (Å²) in [4.78, 5) is 0. The van der Waals surface area contributed by atoms with E-state index in [1.807, 2.05) is 0 Å². The maximum atomic E-state index is 11.5. The summed E-state index contributed by atoms with van der Waals surface area (Å²) >= 11 is 12.1. The Bertz CT molecular complexity index is 756. The fourth-order valence-corrected chi connectivity index (χ4v) is 3.14. The Morgan fingerprint density at radius 3 is 2.40 bits per heavy atom. The standard InChI is InChI=1S/C11H10Cl3N3O2S/c1-6(2)17-10(15-16-11(17)20(14,18)19)7-4-3-5-8(12)9(7)13/h3-6H,1-2H3. The van der Waals surface area contributed by atoms with Gasteiger partial charge >= 0.3 is 0 Å². The highest BCUT2D eigenvalue weighted by Gasteiger charge is 2.26. The smallest absolute Gasteiger partial charge is 0.294 e. The highest BCUT2D eigenvalue weighted by atomic mass is 35.7. The van der Waals surface area contributed by atoms with E-state index in [0.29, 0.717) is 16.4 Å². The molecule has 0 aliphatic rings. The van der Waals surface area contributed by atoms with Crippen LogP contribution in [0.25, 0.3) is 11.4 Å². The van der Waals surface area contributed by atoms with Crippen molar-refractivity contribution in [3.8, 4) is 11.4 Å². The van der Waals surface area contributed by atoms with Crippen molar-refractivity contribution in [1.82, 2.24) is 14.8 Å². The fourth-order valence-electron chi connectivity index (χ4n) is 1.77. The Morgan fingerprint density at radius 1 is 1.20 bits per heavy atom. The normalized spacial score (nSPS) is 12.1. The van der Waals surface area contributed by atoms with Gasteiger partial charge in [-0.25, -0.2) is 8.42 Å². The van der Waals surface area contributed by atoms with Crippen molar-refractivity contribution in [1.29, 1.82) is 0 Å². The highest BCUT2D eigenvalue weighted by molar-refractivity contribution is 8.13. The minimum atomic E-state index is -4.00. The van der Waals surface area contributed by atoms with Gasteiger partial charge in [-0.1, -0.05) is 29.3 Å². The van der Waals surface area contributed by atoms with Crippen molar-refractivity contribution < 1.29 is 8.42 Å². The van der Waals surface area contributed by atoms with Crippen LogP contribution in [0.1, 0.15) is 19.9 Å². The van der Waals surface area contributed by atoms with Crippen LogP contribution in [0, 0.1) is 0 Å². The van der Waals surface area contributed by atoms with Crippen molar-refractivity contribution >= 4 is 42.9 Å². The first-order valence-corrected chi connectivity index (χ1v) is 8.64. The number of nitrogens with zero attached hydrogens (tertiary/aromatic N) is 3. The monoisotopic (exact) mass is 353 g/mol. The van der Waals surface area contributed by atoms with Crippen LogP contribution in [0.3, 0.4) is 0 Å². The zero-order valence-corrected chi connectivity index (χ0v) is 13.6. The summed E-state index contributed by atoms with van der Waals surface area (Å²) in [6.07, 6.45) is 0. The third-order valence-corrected chi connectivity index (χ3v) is 4.54. The molecule has 2 rings (SSSR count). The molecular weight excluding hydrogens is 345 g/mol. The third-order valence-electron chi connectivity index (χ3n) is 2.59. The van der Waals surface area contributed by atoms with Gasteiger partial charge in [0.25, 0.3) is 14.2 Å². The summed E-state index contributed by atoms with van der Waals surface area (Å²) in [6, 6.07) is 4.78. The zero-order valence-electron chi connectivity index (χ0n) is 10.5. The van der Waals surface area contributed by atoms with E-state index in [-0.39, 0.29) is 16.2 Å². The van der Waals surface area contributed by atoms with E-state index in [2.05, 4.69) is 10.2 Å². The number of hydrogen-bond donors (Lipinski definition) is 0. The van der Waals surface area contributed by atoms with E-state index in [1.165, 1.54) is 4.57 Å². The summed E-state index contributed by atoms with van der Waals surface area (Å²) in [7, 11) is 1.37. The SMILES string of the molecule is CC(C)n1c(-c2cccc(Cl)c2Cl)nnc1S(=O)(=O)Cl. The van der Waals surface area contributed by atoms with Crippen molar-refractivity contribution in [2.24, 2.45) is 0 Å². The molecule has 0 aliphatic carbocycles. The van der Waals surface area contributed by atoms with Crippen molar-refractivity contribution in [2.75, 3.05) is 0 Å². The summed E-state index contributed by atoms with van der Waals surface area (Å²) < 4.78 is 24.5. The Hall–Kier alpha value is -0.820. The second kappa shape index (κ2) is 5.52. The highest BCUT2D eigenvalue weighted by Crippen LogP contribution is 2.34. The second-order valence-corrected chi connectivity index (χ2v) is 7.55. The second-order valence-electron chi connectivity index (χ2n) is 4.31. The van der Waals surface area contributed by atoms with Crippen LogP contribution in [0.5, 0.6) is 0 Å². The lowest BCUT2D eigenvalue weighted by molar-refractivity contribution is 0.530. The molecule has 0 unspecified atom stereocenters. The van der Waals surface area contributed by atoms with Gasteiger partial charge in [0.05, 0.1) is 10.0 Å². The first-order valence-electron chi connectivity index (χ1n) is 5.57. The average Bonchev–Trinajstić information content (AvgIpc) is 2.77. The lowest BCUT2D eigenvalue weighted by Crippen LogP contribution is -2.10. The molecule has 0 atom stereocenters. The Morgan fingerprint density at radius 2 is 1.85 bits per heavy atom. The lowest BCUT2D eigenvalue weighted by atomic mass is 10.2. The summed E-state index contributed by atoms with van der Waals surface area (Å²) in [5.74, 6) is 0.298. The average molecular weight is 355 g/mol. The molecule has 108 valence electrons. The van der Waals surface area contributed by atoms with Crippen LogP contribution in [0.15, 0.2) is 23.4 Å². The Balaban J connectivity index is 2.76. The Kier molecular flexibility index (Phi) is 4.30. The molecule has 0 saturated heterocycles. The first kappa shape index (κ1) is 15.6. The van der Waals surface area contributed by atoms with E-state index in [4.69, 9.17) is 33.9 Å². The van der Waals surface area contributed by atoms with Gasteiger partial charge in [-0.2, -0.15) is 0 Å². The molecule has 5 nitrogen and oxygen atoms in total. The molecule has 0 radical (unpaired) electrons. The molecule has 0 spiro atoms. The van der Waals surface area contributed by atoms with Crippen molar-refractivity contribution in [2.45, 2.75) is 25.0 Å². The lowest BCUT2D eigenvalue weighted by Gasteiger charge is -2.13. The van der Waals surface area contributed by atoms with E-state index < -0.39 is 9.05 Å². The molecule has 0 saturated carbocycles. The predicted molar refractivity (Wildman–Crippen MR) is 78.9 cm³/mol. The quantitative estimate of drug-likeness (QED) is 0.787. The van der Waals surface area contributed by atoms with Gasteiger partial charge in [-0.05, 0) is 26.0 Å². The molecule has 2 aromatic rings. The molecule has 0 bridgehead atoms. The summed E-state index contributed by atoms with van der Waals surface area (Å²) in [5.41, 5.74) is 0.493. The fraction of sp³-hybridized carbons (Fsp3) is 0.273. The minimum Gasteiger partial charge on any atom is -0.294 e. The molecular formula is C11H10Cl3N3O2S. The van der Waals surface area contributed by atoms with Gasteiger partial charge < -0.3 is 0 Å². The van der Waals surface area contributed by atoms with E-state index >= 15 is 0 Å². The van der Waals surface area contributed by atoms with E-state index in [1.54, 1.807) is 32.0 Å². The number of hydrogen-bond acceptors (Lipinski definition) is 4. The molecule has 0 N–H and O–H groups in total. The topological polar surface area (TPSA) is 64.8 Å². The molecule has 9 heteroatoms. The van der Waals surface area contributed by atoms with Crippen LogP contribution >= 0.6 is 33.9 Å². The predicted octanol–water partition coefficient (Wildman–Crippen LogP) is 3.76. The van der Waals surface area contributed by atoms with Gasteiger partial charge in [0.2, 0.25) is 0 Å². The molecule has 1 aromatic carbocycles. The van der Waals surface area contributed by atoms with Crippen LogP contribution in [-0.4, -0.2) is 23.2 Å².